The standard InChI is InChI=1S/C15H20N4O4S/c1-11(12-6-4-3-5-7-12)18-15(21)19-13(10-24(2,22)23)14(20)17-9-8-16/h3-7,11,13H,9-10H2,1-2H3,(H,17,20)(H2,18,19,21). The highest BCUT2D eigenvalue weighted by molar-refractivity contribution is 7.90. The number of carbonyl (C=O) groups excluding carboxylic acids is 2. The molecule has 0 aliphatic carbocycles. The van der Waals surface area contributed by atoms with E-state index in [9.17, 15) is 18.0 Å². The van der Waals surface area contributed by atoms with E-state index in [2.05, 4.69) is 16.0 Å². The summed E-state index contributed by atoms with van der Waals surface area (Å²) in [6, 6.07) is 8.59. The van der Waals surface area contributed by atoms with Gasteiger partial charge >= 0.3 is 6.03 Å². The quantitative estimate of drug-likeness (QED) is 0.600. The molecule has 1 aromatic rings. The number of nitrogens with zero attached hydrogens (tertiary/aromatic N) is 1. The minimum atomic E-state index is -3.51. The van der Waals surface area contributed by atoms with Gasteiger partial charge in [0.1, 0.15) is 22.4 Å². The highest BCUT2D eigenvalue weighted by atomic mass is 32.2. The van der Waals surface area contributed by atoms with Crippen LogP contribution < -0.4 is 16.0 Å². The summed E-state index contributed by atoms with van der Waals surface area (Å²) in [7, 11) is -3.51. The van der Waals surface area contributed by atoms with Crippen LogP contribution >= 0.6 is 0 Å². The van der Waals surface area contributed by atoms with Crippen molar-refractivity contribution in [1.29, 1.82) is 5.26 Å². The number of amides is 3. The van der Waals surface area contributed by atoms with Gasteiger partial charge in [-0.2, -0.15) is 5.26 Å². The second kappa shape index (κ2) is 8.88. The molecule has 0 fully saturated rings. The van der Waals surface area contributed by atoms with E-state index in [0.29, 0.717) is 0 Å². The summed E-state index contributed by atoms with van der Waals surface area (Å²) in [6.45, 7) is 1.49. The van der Waals surface area contributed by atoms with Gasteiger partial charge in [-0.05, 0) is 12.5 Å². The second-order valence-electron chi connectivity index (χ2n) is 5.27. The van der Waals surface area contributed by atoms with Gasteiger partial charge in [-0.25, -0.2) is 13.2 Å². The summed E-state index contributed by atoms with van der Waals surface area (Å²) < 4.78 is 22.9. The molecule has 130 valence electrons. The molecule has 1 rings (SSSR count). The maximum atomic E-state index is 12.0. The lowest BCUT2D eigenvalue weighted by Gasteiger charge is -2.20. The molecular weight excluding hydrogens is 332 g/mol. The monoisotopic (exact) mass is 352 g/mol. The average molecular weight is 352 g/mol. The molecular formula is C15H20N4O4S. The van der Waals surface area contributed by atoms with Crippen molar-refractivity contribution in [2.75, 3.05) is 18.6 Å². The van der Waals surface area contributed by atoms with Crippen molar-refractivity contribution in [3.8, 4) is 6.07 Å². The van der Waals surface area contributed by atoms with Gasteiger partial charge in [-0.3, -0.25) is 4.79 Å². The topological polar surface area (TPSA) is 128 Å². The van der Waals surface area contributed by atoms with Crippen LogP contribution in [0.15, 0.2) is 30.3 Å². The number of hydrogen-bond acceptors (Lipinski definition) is 5. The number of hydrogen-bond donors (Lipinski definition) is 3. The van der Waals surface area contributed by atoms with Crippen LogP contribution in [-0.2, 0) is 14.6 Å². The fraction of sp³-hybridized carbons (Fsp3) is 0.400. The normalized spacial score (nSPS) is 13.2. The Kier molecular flexibility index (Phi) is 7.20. The summed E-state index contributed by atoms with van der Waals surface area (Å²) in [5.74, 6) is -1.29. The molecule has 2 atom stereocenters. The first-order valence-corrected chi connectivity index (χ1v) is 9.23. The minimum Gasteiger partial charge on any atom is -0.341 e. The van der Waals surface area contributed by atoms with Crippen LogP contribution in [0.3, 0.4) is 0 Å². The molecule has 24 heavy (non-hydrogen) atoms. The molecule has 0 bridgehead atoms. The number of sulfone groups is 1. The van der Waals surface area contributed by atoms with Crippen molar-refractivity contribution in [2.45, 2.75) is 19.0 Å². The molecule has 8 nitrogen and oxygen atoms in total. The molecule has 0 saturated carbocycles. The predicted octanol–water partition coefficient (Wildman–Crippen LogP) is 0.0998. The van der Waals surface area contributed by atoms with Crippen LogP contribution in [0.5, 0.6) is 0 Å². The van der Waals surface area contributed by atoms with Gasteiger partial charge in [0.2, 0.25) is 5.91 Å². The van der Waals surface area contributed by atoms with Gasteiger partial charge in [0.15, 0.2) is 0 Å². The molecule has 0 aliphatic rings. The smallest absolute Gasteiger partial charge is 0.315 e. The first-order valence-electron chi connectivity index (χ1n) is 7.17. The Bertz CT molecular complexity index is 713. The molecule has 0 radical (unpaired) electrons. The van der Waals surface area contributed by atoms with E-state index in [0.717, 1.165) is 11.8 Å². The van der Waals surface area contributed by atoms with Crippen LogP contribution in [-0.4, -0.2) is 45.0 Å². The average Bonchev–Trinajstić information content (AvgIpc) is 2.51. The van der Waals surface area contributed by atoms with E-state index in [-0.39, 0.29) is 12.6 Å². The van der Waals surface area contributed by atoms with Gasteiger partial charge < -0.3 is 16.0 Å². The Morgan fingerprint density at radius 3 is 2.38 bits per heavy atom. The predicted molar refractivity (Wildman–Crippen MR) is 88.6 cm³/mol. The Hall–Kier alpha value is -2.60. The van der Waals surface area contributed by atoms with Crippen LogP contribution in [0.1, 0.15) is 18.5 Å². The molecule has 0 saturated heterocycles. The number of benzene rings is 1. The molecule has 0 aromatic heterocycles. The van der Waals surface area contributed by atoms with Crippen molar-refractivity contribution in [2.24, 2.45) is 0 Å². The van der Waals surface area contributed by atoms with E-state index in [1.54, 1.807) is 13.0 Å². The third-order valence-electron chi connectivity index (χ3n) is 3.08. The molecule has 0 spiro atoms. The molecule has 0 heterocycles. The van der Waals surface area contributed by atoms with E-state index in [4.69, 9.17) is 5.26 Å². The number of carbonyl (C=O) groups is 2. The maximum Gasteiger partial charge on any atom is 0.315 e. The zero-order valence-corrected chi connectivity index (χ0v) is 14.3. The van der Waals surface area contributed by atoms with Crippen LogP contribution in [0.25, 0.3) is 0 Å². The minimum absolute atomic E-state index is 0.275. The van der Waals surface area contributed by atoms with Crippen LogP contribution in [0.4, 0.5) is 4.79 Å². The molecule has 3 N–H and O–H groups in total. The summed E-state index contributed by atoms with van der Waals surface area (Å²) in [5, 5.41) is 15.7. The number of rotatable bonds is 7. The Labute approximate surface area is 141 Å². The largest absolute Gasteiger partial charge is 0.341 e. The summed E-state index contributed by atoms with van der Waals surface area (Å²) >= 11 is 0. The van der Waals surface area contributed by atoms with Gasteiger partial charge in [-0.1, -0.05) is 30.3 Å². The lowest BCUT2D eigenvalue weighted by Crippen LogP contribution is -2.53. The fourth-order valence-corrected chi connectivity index (χ4v) is 2.80. The first-order chi connectivity index (χ1) is 11.2. The van der Waals surface area contributed by atoms with Gasteiger partial charge in [0.05, 0.1) is 17.9 Å². The first kappa shape index (κ1) is 19.4. The Morgan fingerprint density at radius 1 is 1.21 bits per heavy atom. The molecule has 1 aromatic carbocycles. The summed E-state index contributed by atoms with van der Waals surface area (Å²) in [6.07, 6.45) is 0.962. The zero-order valence-electron chi connectivity index (χ0n) is 13.4. The Balaban J connectivity index is 2.72. The van der Waals surface area contributed by atoms with E-state index >= 15 is 0 Å². The van der Waals surface area contributed by atoms with Gasteiger partial charge in [0.25, 0.3) is 0 Å². The maximum absolute atomic E-state index is 12.0. The van der Waals surface area contributed by atoms with Crippen molar-refractivity contribution in [1.82, 2.24) is 16.0 Å². The highest BCUT2D eigenvalue weighted by Crippen LogP contribution is 2.10. The van der Waals surface area contributed by atoms with Crippen molar-refractivity contribution >= 4 is 21.8 Å². The zero-order chi connectivity index (χ0) is 18.2. The van der Waals surface area contributed by atoms with Crippen molar-refractivity contribution in [3.63, 3.8) is 0 Å². The third-order valence-corrected chi connectivity index (χ3v) is 4.02. The van der Waals surface area contributed by atoms with Crippen LogP contribution in [0.2, 0.25) is 0 Å². The fourth-order valence-electron chi connectivity index (χ4n) is 1.96. The highest BCUT2D eigenvalue weighted by Gasteiger charge is 2.25. The number of nitrogens with one attached hydrogen (secondary N) is 3. The van der Waals surface area contributed by atoms with Gasteiger partial charge in [0, 0.05) is 6.26 Å². The molecule has 2 unspecified atom stereocenters. The summed E-state index contributed by atoms with van der Waals surface area (Å²) in [4.78, 5) is 23.9. The molecule has 0 aliphatic heterocycles. The summed E-state index contributed by atoms with van der Waals surface area (Å²) in [5.41, 5.74) is 0.862. The van der Waals surface area contributed by atoms with Gasteiger partial charge in [-0.15, -0.1) is 0 Å². The lowest BCUT2D eigenvalue weighted by atomic mass is 10.1. The number of nitriles is 1. The second-order valence-corrected chi connectivity index (χ2v) is 7.46. The van der Waals surface area contributed by atoms with Crippen molar-refractivity contribution < 1.29 is 18.0 Å². The molecule has 3 amide bonds. The van der Waals surface area contributed by atoms with E-state index in [1.165, 1.54) is 0 Å². The van der Waals surface area contributed by atoms with E-state index in [1.807, 2.05) is 30.3 Å². The van der Waals surface area contributed by atoms with Crippen LogP contribution in [0, 0.1) is 11.3 Å². The van der Waals surface area contributed by atoms with E-state index < -0.39 is 33.6 Å². The molecule has 9 heteroatoms. The van der Waals surface area contributed by atoms with Crippen molar-refractivity contribution in [3.05, 3.63) is 35.9 Å². The SMILES string of the molecule is CC(NC(=O)NC(CS(C)(=O)=O)C(=O)NCC#N)c1ccccc1. The lowest BCUT2D eigenvalue weighted by molar-refractivity contribution is -0.122. The number of urea groups is 1. The Morgan fingerprint density at radius 2 is 1.83 bits per heavy atom. The third kappa shape index (κ3) is 7.11.